The third-order valence-electron chi connectivity index (χ3n) is 11.9. The van der Waals surface area contributed by atoms with E-state index in [9.17, 15) is 14.4 Å². The maximum absolute atomic E-state index is 12.9. The van der Waals surface area contributed by atoms with Crippen molar-refractivity contribution in [2.45, 2.75) is 258 Å². The van der Waals surface area contributed by atoms with Gasteiger partial charge in [0.05, 0.1) is 0 Å². The van der Waals surface area contributed by atoms with E-state index in [-0.39, 0.29) is 31.1 Å². The van der Waals surface area contributed by atoms with Gasteiger partial charge in [0.15, 0.2) is 6.10 Å². The fraction of sp³-hybridized carbons (Fsp3) is 0.646. The van der Waals surface area contributed by atoms with Gasteiger partial charge in [0, 0.05) is 19.3 Å². The van der Waals surface area contributed by atoms with E-state index >= 15 is 0 Å². The molecule has 0 saturated heterocycles. The number of allylic oxidation sites excluding steroid dienone is 20. The highest BCUT2D eigenvalue weighted by molar-refractivity contribution is 5.71. The molecule has 0 rings (SSSR count). The predicted octanol–water partition coefficient (Wildman–Crippen LogP) is 19.6. The zero-order chi connectivity index (χ0) is 51.4. The summed E-state index contributed by atoms with van der Waals surface area (Å²) in [4.78, 5) is 38.2. The second-order valence-corrected chi connectivity index (χ2v) is 18.8. The third kappa shape index (κ3) is 56.6. The van der Waals surface area contributed by atoms with Crippen LogP contribution in [0.5, 0.6) is 0 Å². The van der Waals surface area contributed by atoms with Crippen molar-refractivity contribution < 1.29 is 28.6 Å². The van der Waals surface area contributed by atoms with Crippen LogP contribution in [-0.2, 0) is 28.6 Å². The van der Waals surface area contributed by atoms with E-state index < -0.39 is 6.10 Å². The van der Waals surface area contributed by atoms with Crippen LogP contribution in [0.15, 0.2) is 122 Å². The lowest BCUT2D eigenvalue weighted by Gasteiger charge is -2.18. The minimum Gasteiger partial charge on any atom is -0.462 e. The summed E-state index contributed by atoms with van der Waals surface area (Å²) in [7, 11) is 0. The summed E-state index contributed by atoms with van der Waals surface area (Å²) in [5.41, 5.74) is 0. The summed E-state index contributed by atoms with van der Waals surface area (Å²) >= 11 is 0. The molecule has 0 bridgehead atoms. The molecule has 0 N–H and O–H groups in total. The highest BCUT2D eigenvalue weighted by Crippen LogP contribution is 2.13. The molecule has 1 atom stereocenters. The zero-order valence-corrected chi connectivity index (χ0v) is 45.9. The number of unbranched alkanes of at least 4 members (excludes halogenated alkanes) is 20. The van der Waals surface area contributed by atoms with E-state index in [2.05, 4.69) is 142 Å². The molecule has 0 amide bonds. The summed E-state index contributed by atoms with van der Waals surface area (Å²) in [6.07, 6.45) is 80.4. The van der Waals surface area contributed by atoms with E-state index in [4.69, 9.17) is 14.2 Å². The van der Waals surface area contributed by atoms with Crippen molar-refractivity contribution in [3.63, 3.8) is 0 Å². The van der Waals surface area contributed by atoms with Crippen molar-refractivity contribution in [2.75, 3.05) is 13.2 Å². The molecule has 0 heterocycles. The van der Waals surface area contributed by atoms with Gasteiger partial charge >= 0.3 is 17.9 Å². The van der Waals surface area contributed by atoms with Gasteiger partial charge in [-0.05, 0) is 135 Å². The molecular weight excluding hydrogens is 877 g/mol. The molecule has 71 heavy (non-hydrogen) atoms. The smallest absolute Gasteiger partial charge is 0.306 e. The van der Waals surface area contributed by atoms with E-state index in [1.165, 1.54) is 77.0 Å². The summed E-state index contributed by atoms with van der Waals surface area (Å²) in [5.74, 6) is -0.975. The first-order valence-electron chi connectivity index (χ1n) is 29.0. The molecule has 0 aliphatic rings. The largest absolute Gasteiger partial charge is 0.462 e. The molecular formula is C65H106O6. The van der Waals surface area contributed by atoms with Crippen LogP contribution < -0.4 is 0 Å². The van der Waals surface area contributed by atoms with Gasteiger partial charge in [0.2, 0.25) is 0 Å². The Bertz CT molecular complexity index is 1500. The Labute approximate surface area is 437 Å². The van der Waals surface area contributed by atoms with Crippen molar-refractivity contribution in [1.82, 2.24) is 0 Å². The predicted molar refractivity (Wildman–Crippen MR) is 306 cm³/mol. The lowest BCUT2D eigenvalue weighted by atomic mass is 10.1. The van der Waals surface area contributed by atoms with Gasteiger partial charge in [-0.15, -0.1) is 0 Å². The number of carbonyl (C=O) groups excluding carboxylic acids is 3. The molecule has 0 fully saturated rings. The molecule has 6 nitrogen and oxygen atoms in total. The van der Waals surface area contributed by atoms with E-state index in [1.54, 1.807) is 0 Å². The molecule has 0 radical (unpaired) electrons. The average molecular weight is 984 g/mol. The quantitative estimate of drug-likeness (QED) is 0.0261. The monoisotopic (exact) mass is 983 g/mol. The summed E-state index contributed by atoms with van der Waals surface area (Å²) < 4.78 is 16.8. The number of carbonyl (C=O) groups is 3. The topological polar surface area (TPSA) is 78.9 Å². The van der Waals surface area contributed by atoms with Crippen molar-refractivity contribution in [1.29, 1.82) is 0 Å². The third-order valence-corrected chi connectivity index (χ3v) is 11.9. The lowest BCUT2D eigenvalue weighted by molar-refractivity contribution is -0.167. The molecule has 0 aliphatic carbocycles. The maximum atomic E-state index is 12.9. The van der Waals surface area contributed by atoms with Crippen molar-refractivity contribution >= 4 is 17.9 Å². The highest BCUT2D eigenvalue weighted by Gasteiger charge is 2.19. The van der Waals surface area contributed by atoms with Crippen LogP contribution >= 0.6 is 0 Å². The molecule has 0 aromatic heterocycles. The lowest BCUT2D eigenvalue weighted by Crippen LogP contribution is -2.30. The minimum absolute atomic E-state index is 0.107. The molecule has 0 spiro atoms. The first-order chi connectivity index (χ1) is 35.0. The Morgan fingerprint density at radius 3 is 0.887 bits per heavy atom. The molecule has 0 aromatic carbocycles. The standard InChI is InChI=1S/C65H106O6/c1-4-7-10-13-16-19-22-25-28-30-32-34-37-40-43-46-49-52-55-58-64(67)70-61-62(60-69-63(66)57-54-51-48-45-42-39-36-27-24-21-18-15-12-9-6-3)71-65(68)59-56-53-50-47-44-41-38-35-33-31-29-26-23-20-17-14-11-8-5-2/h9,12,16-21,25-29,32-36,42,45,62H,4-8,10-11,13-15,22-24,30-31,37-41,43-44,46-61H2,1-3H3/b12-9-,19-16-,20-17-,21-18-,28-25-,29-26-,34-32-,35-33-,36-27-,45-42-/t62-/m1/s1. The summed E-state index contributed by atoms with van der Waals surface area (Å²) in [5, 5.41) is 0. The van der Waals surface area contributed by atoms with Gasteiger partial charge < -0.3 is 14.2 Å². The minimum atomic E-state index is -0.812. The van der Waals surface area contributed by atoms with Crippen LogP contribution in [0.1, 0.15) is 252 Å². The molecule has 0 unspecified atom stereocenters. The molecule has 0 aromatic rings. The number of rotatable bonds is 51. The molecule has 0 aliphatic heterocycles. The Kier molecular flexibility index (Phi) is 54.9. The number of hydrogen-bond donors (Lipinski definition) is 0. The van der Waals surface area contributed by atoms with E-state index in [0.717, 1.165) is 128 Å². The number of hydrogen-bond acceptors (Lipinski definition) is 6. The zero-order valence-electron chi connectivity index (χ0n) is 45.9. The SMILES string of the molecule is CC/C=C\C/C=C\C/C=C\C/C=C\CCCCC(=O)OC[C@H](COC(=O)CCCCCCCC/C=C\C/C=C\C/C=C\CCCCC)OC(=O)CCCCCCCC/C=C\C/C=C\C/C=C\CCCCC. The Hall–Kier alpha value is -4.19. The van der Waals surface area contributed by atoms with Gasteiger partial charge in [0.25, 0.3) is 0 Å². The van der Waals surface area contributed by atoms with Crippen molar-refractivity contribution in [3.8, 4) is 0 Å². The van der Waals surface area contributed by atoms with Gasteiger partial charge in [-0.25, -0.2) is 0 Å². The average Bonchev–Trinajstić information content (AvgIpc) is 3.37. The second kappa shape index (κ2) is 58.4. The van der Waals surface area contributed by atoms with Crippen LogP contribution in [0, 0.1) is 0 Å². The van der Waals surface area contributed by atoms with Gasteiger partial charge in [-0.2, -0.15) is 0 Å². The van der Waals surface area contributed by atoms with E-state index in [0.29, 0.717) is 25.7 Å². The first kappa shape index (κ1) is 66.8. The number of esters is 3. The van der Waals surface area contributed by atoms with Crippen LogP contribution in [0.2, 0.25) is 0 Å². The fourth-order valence-corrected chi connectivity index (χ4v) is 7.56. The molecule has 6 heteroatoms. The highest BCUT2D eigenvalue weighted by atomic mass is 16.6. The Morgan fingerprint density at radius 1 is 0.296 bits per heavy atom. The fourth-order valence-electron chi connectivity index (χ4n) is 7.56. The normalized spacial score (nSPS) is 13.0. The van der Waals surface area contributed by atoms with E-state index in [1.807, 2.05) is 0 Å². The van der Waals surface area contributed by atoms with Crippen molar-refractivity contribution in [3.05, 3.63) is 122 Å². The molecule has 402 valence electrons. The Morgan fingerprint density at radius 2 is 0.549 bits per heavy atom. The van der Waals surface area contributed by atoms with Gasteiger partial charge in [-0.1, -0.05) is 219 Å². The van der Waals surface area contributed by atoms with Crippen molar-refractivity contribution in [2.24, 2.45) is 0 Å². The van der Waals surface area contributed by atoms with Crippen LogP contribution in [0.25, 0.3) is 0 Å². The van der Waals surface area contributed by atoms with Gasteiger partial charge in [0.1, 0.15) is 13.2 Å². The second-order valence-electron chi connectivity index (χ2n) is 18.8. The first-order valence-corrected chi connectivity index (χ1v) is 29.0. The van der Waals surface area contributed by atoms with Crippen LogP contribution in [0.4, 0.5) is 0 Å². The molecule has 0 saturated carbocycles. The summed E-state index contributed by atoms with van der Waals surface area (Å²) in [6.45, 7) is 6.41. The van der Waals surface area contributed by atoms with Crippen LogP contribution in [0.3, 0.4) is 0 Å². The summed E-state index contributed by atoms with van der Waals surface area (Å²) in [6, 6.07) is 0. The maximum Gasteiger partial charge on any atom is 0.306 e. The van der Waals surface area contributed by atoms with Gasteiger partial charge in [-0.3, -0.25) is 14.4 Å². The van der Waals surface area contributed by atoms with Crippen LogP contribution in [-0.4, -0.2) is 37.2 Å². The number of ether oxygens (including phenoxy) is 3. The Balaban J connectivity index is 4.51.